The van der Waals surface area contributed by atoms with Crippen LogP contribution in [0.3, 0.4) is 0 Å². The lowest BCUT2D eigenvalue weighted by Crippen LogP contribution is -2.53. The average molecular weight is 493 g/mol. The molecule has 1 aliphatic carbocycles. The summed E-state index contributed by atoms with van der Waals surface area (Å²) in [7, 11) is 0. The number of carboxylic acids is 2. The van der Waals surface area contributed by atoms with Crippen LogP contribution >= 0.6 is 0 Å². The number of aromatic amines is 1. The van der Waals surface area contributed by atoms with Crippen molar-refractivity contribution in [1.82, 2.24) is 20.6 Å². The molecular formula is C20H24FN7O7. The van der Waals surface area contributed by atoms with Gasteiger partial charge in [0.1, 0.15) is 0 Å². The standard InChI is InChI=1S/C20H24FN7O7/c21-20(18(34)35,6-5-13(30)31)27-16(32)10-1-3-11(4-2-10)23-7-12-8-24-15-14(28(12)9-29)17(33)26-19(22)25-15/h3,8-10,23H,1-2,4-7H2,(H,27,32)(H,30,31)(H,34,35)(H4,22,24,25,26,33). The van der Waals surface area contributed by atoms with Crippen molar-refractivity contribution in [3.05, 3.63) is 34.0 Å². The van der Waals surface area contributed by atoms with Crippen LogP contribution in [0.4, 0.5) is 21.8 Å². The molecule has 8 N–H and O–H groups in total. The molecule has 3 rings (SSSR count). The first-order chi connectivity index (χ1) is 16.5. The molecule has 2 atom stereocenters. The first kappa shape index (κ1) is 25.2. The Morgan fingerprint density at radius 2 is 2.11 bits per heavy atom. The number of nitrogens with one attached hydrogen (secondary N) is 4. The summed E-state index contributed by atoms with van der Waals surface area (Å²) in [5.74, 6) is -8.04. The maximum atomic E-state index is 14.6. The van der Waals surface area contributed by atoms with E-state index in [4.69, 9.17) is 15.9 Å². The quantitative estimate of drug-likeness (QED) is 0.164. The molecule has 0 spiro atoms. The van der Waals surface area contributed by atoms with Gasteiger partial charge >= 0.3 is 11.9 Å². The van der Waals surface area contributed by atoms with Gasteiger partial charge in [-0.3, -0.25) is 29.1 Å². The summed E-state index contributed by atoms with van der Waals surface area (Å²) in [5, 5.41) is 25.5. The molecule has 0 bridgehead atoms. The fourth-order valence-electron chi connectivity index (χ4n) is 3.67. The Bertz CT molecular complexity index is 1160. The van der Waals surface area contributed by atoms with Gasteiger partial charge in [0.2, 0.25) is 18.3 Å². The Morgan fingerprint density at radius 3 is 2.71 bits per heavy atom. The number of H-pyrrole nitrogens is 1. The van der Waals surface area contributed by atoms with Gasteiger partial charge in [-0.05, 0) is 19.3 Å². The summed E-state index contributed by atoms with van der Waals surface area (Å²) in [5.41, 5.74) is 6.04. The molecule has 0 saturated heterocycles. The number of amides is 2. The molecule has 1 aromatic heterocycles. The van der Waals surface area contributed by atoms with Crippen molar-refractivity contribution >= 4 is 41.7 Å². The number of hydrogen-bond acceptors (Lipinski definition) is 9. The van der Waals surface area contributed by atoms with Gasteiger partial charge in [-0.1, -0.05) is 6.08 Å². The number of alkyl halides is 1. The highest BCUT2D eigenvalue weighted by atomic mass is 19.1. The normalized spacial score (nSPS) is 18.7. The second kappa shape index (κ2) is 10.2. The van der Waals surface area contributed by atoms with Gasteiger partial charge in [-0.15, -0.1) is 0 Å². The summed E-state index contributed by atoms with van der Waals surface area (Å²) < 4.78 is 14.6. The van der Waals surface area contributed by atoms with Gasteiger partial charge in [-0.2, -0.15) is 4.98 Å². The lowest BCUT2D eigenvalue weighted by atomic mass is 9.91. The highest BCUT2D eigenvalue weighted by molar-refractivity contribution is 5.88. The summed E-state index contributed by atoms with van der Waals surface area (Å²) in [6, 6.07) is 0. The van der Waals surface area contributed by atoms with E-state index in [-0.39, 0.29) is 36.8 Å². The number of rotatable bonds is 10. The number of aliphatic carboxylic acids is 2. The molecule has 1 aromatic rings. The van der Waals surface area contributed by atoms with E-state index in [1.807, 2.05) is 5.32 Å². The third-order valence-electron chi connectivity index (χ3n) is 5.57. The lowest BCUT2D eigenvalue weighted by molar-refractivity contribution is -0.159. The molecule has 2 amide bonds. The lowest BCUT2D eigenvalue weighted by Gasteiger charge is -2.29. The Balaban J connectivity index is 1.59. The summed E-state index contributed by atoms with van der Waals surface area (Å²) >= 11 is 0. The van der Waals surface area contributed by atoms with Crippen LogP contribution in [0, 0.1) is 5.92 Å². The summed E-state index contributed by atoms with van der Waals surface area (Å²) in [6.45, 7) is 0.138. The zero-order valence-electron chi connectivity index (χ0n) is 18.3. The second-order valence-corrected chi connectivity index (χ2v) is 7.95. The minimum atomic E-state index is -3.18. The van der Waals surface area contributed by atoms with Gasteiger partial charge in [-0.25, -0.2) is 9.18 Å². The third-order valence-corrected chi connectivity index (χ3v) is 5.57. The second-order valence-electron chi connectivity index (χ2n) is 7.95. The third kappa shape index (κ3) is 5.74. The van der Waals surface area contributed by atoms with Crippen LogP contribution in [0.1, 0.15) is 32.1 Å². The number of hydrogen-bond donors (Lipinski definition) is 7. The van der Waals surface area contributed by atoms with Crippen LogP contribution in [0.25, 0.3) is 0 Å². The number of carboxylic acid groups (broad SMARTS) is 2. The molecule has 2 unspecified atom stereocenters. The number of nitrogen functional groups attached to an aromatic ring is 1. The van der Waals surface area contributed by atoms with Gasteiger partial charge in [0.15, 0.2) is 11.5 Å². The van der Waals surface area contributed by atoms with E-state index in [1.54, 1.807) is 6.08 Å². The number of carbonyl (C=O) groups excluding carboxylic acids is 2. The van der Waals surface area contributed by atoms with Gasteiger partial charge in [0.25, 0.3) is 11.4 Å². The van der Waals surface area contributed by atoms with Crippen LogP contribution in [0.5, 0.6) is 0 Å². The van der Waals surface area contributed by atoms with Gasteiger partial charge in [0.05, 0.1) is 18.7 Å². The number of carbonyl (C=O) groups is 4. The van der Waals surface area contributed by atoms with Crippen molar-refractivity contribution < 1.29 is 33.8 Å². The molecule has 0 saturated carbocycles. The first-order valence-electron chi connectivity index (χ1n) is 10.5. The Labute approximate surface area is 197 Å². The maximum Gasteiger partial charge on any atom is 0.362 e. The predicted molar refractivity (Wildman–Crippen MR) is 119 cm³/mol. The summed E-state index contributed by atoms with van der Waals surface area (Å²) in [6.07, 6.45) is 2.81. The number of anilines is 3. The number of fused-ring (bicyclic) bond motifs is 1. The van der Waals surface area contributed by atoms with Crippen molar-refractivity contribution in [2.24, 2.45) is 5.92 Å². The highest BCUT2D eigenvalue weighted by Crippen LogP contribution is 2.28. The fraction of sp³-hybridized carbons (Fsp3) is 0.400. The van der Waals surface area contributed by atoms with Crippen molar-refractivity contribution in [3.63, 3.8) is 0 Å². The number of nitrogens with two attached hydrogens (primary N) is 1. The Morgan fingerprint density at radius 1 is 1.37 bits per heavy atom. The number of halogens is 1. The topological polar surface area (TPSA) is 220 Å². The smallest absolute Gasteiger partial charge is 0.362 e. The molecule has 0 fully saturated rings. The molecule has 1 aliphatic heterocycles. The van der Waals surface area contributed by atoms with Crippen molar-refractivity contribution in [1.29, 1.82) is 0 Å². The van der Waals surface area contributed by atoms with Crippen molar-refractivity contribution in [2.75, 3.05) is 22.5 Å². The van der Waals surface area contributed by atoms with E-state index in [0.29, 0.717) is 18.5 Å². The SMILES string of the molecule is Nc1nc2c(c(=O)[nH]1)N(C=O)C(CNC1=CCC(C(=O)NC(F)(CCC(=O)O)C(=O)O)CC1)=CN2. The molecule has 35 heavy (non-hydrogen) atoms. The molecule has 14 nitrogen and oxygen atoms in total. The zero-order valence-corrected chi connectivity index (χ0v) is 18.3. The van der Waals surface area contributed by atoms with Gasteiger partial charge in [0, 0.05) is 24.2 Å². The minimum absolute atomic E-state index is 0.0149. The van der Waals surface area contributed by atoms with E-state index in [1.165, 1.54) is 6.20 Å². The molecular weight excluding hydrogens is 469 g/mol. The first-order valence-corrected chi connectivity index (χ1v) is 10.5. The van der Waals surface area contributed by atoms with Crippen LogP contribution in [-0.2, 0) is 19.2 Å². The predicted octanol–water partition coefficient (Wildman–Crippen LogP) is -0.413. The van der Waals surface area contributed by atoms with E-state index in [9.17, 15) is 28.4 Å². The minimum Gasteiger partial charge on any atom is -0.481 e. The van der Waals surface area contributed by atoms with Gasteiger partial charge < -0.3 is 31.9 Å². The molecule has 2 heterocycles. The molecule has 0 radical (unpaired) electrons. The van der Waals surface area contributed by atoms with E-state index >= 15 is 0 Å². The van der Waals surface area contributed by atoms with E-state index < -0.39 is 48.0 Å². The highest BCUT2D eigenvalue weighted by Gasteiger charge is 2.42. The van der Waals surface area contributed by atoms with E-state index in [2.05, 4.69) is 20.6 Å². The van der Waals surface area contributed by atoms with Crippen molar-refractivity contribution in [2.45, 2.75) is 37.9 Å². The fourth-order valence-corrected chi connectivity index (χ4v) is 3.67. The summed E-state index contributed by atoms with van der Waals surface area (Å²) in [4.78, 5) is 65.5. The Hall–Kier alpha value is -4.43. The molecule has 15 heteroatoms. The maximum absolute atomic E-state index is 14.6. The average Bonchev–Trinajstić information content (AvgIpc) is 2.81. The molecule has 0 aromatic carbocycles. The molecule has 188 valence electrons. The zero-order chi connectivity index (χ0) is 25.8. The largest absolute Gasteiger partial charge is 0.481 e. The monoisotopic (exact) mass is 493 g/mol. The van der Waals surface area contributed by atoms with Crippen LogP contribution < -0.4 is 32.1 Å². The van der Waals surface area contributed by atoms with E-state index in [0.717, 1.165) is 10.6 Å². The number of aromatic nitrogens is 2. The Kier molecular flexibility index (Phi) is 7.37. The van der Waals surface area contributed by atoms with Crippen LogP contribution in [0.2, 0.25) is 0 Å². The van der Waals surface area contributed by atoms with Crippen LogP contribution in [0.15, 0.2) is 28.5 Å². The number of allylic oxidation sites excluding steroid dienone is 2. The number of nitrogens with zero attached hydrogens (tertiary/aromatic N) is 2. The van der Waals surface area contributed by atoms with Crippen LogP contribution in [-0.4, -0.2) is 56.8 Å². The van der Waals surface area contributed by atoms with Crippen molar-refractivity contribution in [3.8, 4) is 0 Å². The molecule has 2 aliphatic rings.